The molecule has 0 aromatic rings. The van der Waals surface area contributed by atoms with Crippen LogP contribution in [0.2, 0.25) is 0 Å². The molecule has 8 heavy (non-hydrogen) atoms. The van der Waals surface area contributed by atoms with E-state index >= 15 is 0 Å². The first kappa shape index (κ1) is 10.9. The third-order valence-corrected chi connectivity index (χ3v) is 0. The van der Waals surface area contributed by atoms with Crippen molar-refractivity contribution < 1.29 is 18.3 Å². The molecule has 0 radical (unpaired) electrons. The number of carboxylic acid groups (broad SMARTS) is 1. The second-order valence-corrected chi connectivity index (χ2v) is 4.15. The molecule has 0 unspecified atom stereocenters. The summed E-state index contributed by atoms with van der Waals surface area (Å²) in [5, 5.41) is 6.89. The van der Waals surface area contributed by atoms with Crippen LogP contribution in [0.15, 0.2) is 0 Å². The molecule has 0 rings (SSSR count). The summed E-state index contributed by atoms with van der Waals surface area (Å²) in [6.45, 7) is -0.250. The third-order valence-electron chi connectivity index (χ3n) is 0. The summed E-state index contributed by atoms with van der Waals surface area (Å²) >= 11 is 0. The minimum Gasteiger partial charge on any atom is -0.483 e. The predicted octanol–water partition coefficient (Wildman–Crippen LogP) is 0.410. The molecule has 0 aromatic heterocycles. The molecule has 4 nitrogen and oxygen atoms in total. The lowest BCUT2D eigenvalue weighted by Gasteiger charge is -1.61. The van der Waals surface area contributed by atoms with Crippen molar-refractivity contribution in [2.75, 3.05) is 0 Å². The van der Waals surface area contributed by atoms with Crippen LogP contribution in [0.5, 0.6) is 0 Å². The number of hydrogen-bond acceptors (Lipinski definition) is 3. The Morgan fingerprint density at radius 3 is 1.38 bits per heavy atom. The molecule has 50 valence electrons. The molecule has 0 bridgehead atoms. The fourth-order valence-electron chi connectivity index (χ4n) is 0. The summed E-state index contributed by atoms with van der Waals surface area (Å²) in [5.74, 6) is 0. The first-order valence-corrected chi connectivity index (χ1v) is 4.27. The van der Waals surface area contributed by atoms with Crippen molar-refractivity contribution in [2.45, 2.75) is 0 Å². The van der Waals surface area contributed by atoms with Crippen LogP contribution in [0.1, 0.15) is 0 Å². The molecule has 0 saturated heterocycles. The van der Waals surface area contributed by atoms with Crippen molar-refractivity contribution in [2.24, 2.45) is 0 Å². The van der Waals surface area contributed by atoms with E-state index < -0.39 is 8.26 Å². The molecule has 0 saturated carbocycles. The molecule has 0 heterocycles. The van der Waals surface area contributed by atoms with Gasteiger partial charge in [0, 0.05) is 21.4 Å². The van der Waals surface area contributed by atoms with E-state index in [0.29, 0.717) is 0 Å². The minimum atomic E-state index is -3.72. The molecule has 0 aromatic carbocycles. The maximum absolute atomic E-state index is 9.16. The van der Waals surface area contributed by atoms with E-state index in [4.69, 9.17) is 18.3 Å². The quantitative estimate of drug-likeness (QED) is 0.433. The zero-order valence-corrected chi connectivity index (χ0v) is 5.74. The van der Waals surface area contributed by atoms with Crippen molar-refractivity contribution in [1.82, 2.24) is 0 Å². The van der Waals surface area contributed by atoms with E-state index in [1.165, 1.54) is 0 Å². The Morgan fingerprint density at radius 2 is 1.38 bits per heavy atom. The van der Waals surface area contributed by atoms with Crippen LogP contribution in [-0.2, 0) is 13.1 Å². The van der Waals surface area contributed by atoms with Gasteiger partial charge < -0.3 is 5.11 Å². The summed E-state index contributed by atoms with van der Waals surface area (Å²) in [6.07, 6.45) is 0. The molecule has 0 aliphatic carbocycles. The largest absolute Gasteiger partial charge is 0.483 e. The molecule has 0 amide bonds. The second-order valence-electron chi connectivity index (χ2n) is 0.484. The minimum absolute atomic E-state index is 0.250. The van der Waals surface area contributed by atoms with E-state index in [2.05, 4.69) is 21.4 Å². The average Bonchev–Trinajstić information content (AvgIpc) is 1.27. The molecule has 1 N–H and O–H groups in total. The van der Waals surface area contributed by atoms with Gasteiger partial charge in [-0.25, -0.2) is 0 Å². The van der Waals surface area contributed by atoms with Crippen molar-refractivity contribution in [3.05, 3.63) is 0 Å². The highest BCUT2D eigenvalue weighted by Gasteiger charge is 1.88. The molecule has 0 spiro atoms. The van der Waals surface area contributed by atoms with Crippen LogP contribution < -0.4 is 0 Å². The molecule has 0 fully saturated rings. The van der Waals surface area contributed by atoms with E-state index in [9.17, 15) is 0 Å². The summed E-state index contributed by atoms with van der Waals surface area (Å²) in [7, 11) is 4.81. The monoisotopic (exact) mass is 180 g/mol. The van der Waals surface area contributed by atoms with Gasteiger partial charge in [-0.1, -0.05) is 0 Å². The van der Waals surface area contributed by atoms with Crippen molar-refractivity contribution in [1.29, 1.82) is 0 Å². The topological polar surface area (TPSA) is 71.4 Å². The zero-order chi connectivity index (χ0) is 7.21. The maximum Gasteiger partial charge on any atom is 0.317 e. The standard InChI is InChI=1S/CH2O2.Cl2O2S/c2-1-3;1-5(2,3)4/h1H,(H,2,3);. The van der Waals surface area contributed by atoms with E-state index in [-0.39, 0.29) is 6.47 Å². The van der Waals surface area contributed by atoms with Gasteiger partial charge in [0.05, 0.1) is 0 Å². The molecule has 7 heteroatoms. The van der Waals surface area contributed by atoms with Gasteiger partial charge in [0.1, 0.15) is 0 Å². The summed E-state index contributed by atoms with van der Waals surface area (Å²) in [6, 6.07) is 0. The Balaban J connectivity index is 0. The van der Waals surface area contributed by atoms with Gasteiger partial charge in [-0.05, 0) is 0 Å². The smallest absolute Gasteiger partial charge is 0.317 e. The average molecular weight is 181 g/mol. The fraction of sp³-hybridized carbons (Fsp3) is 0. The summed E-state index contributed by atoms with van der Waals surface area (Å²) < 4.78 is 18.3. The number of carbonyl (C=O) groups is 1. The Kier molecular flexibility index (Phi) is 7.00. The Labute approximate surface area is 54.9 Å². The third kappa shape index (κ3) is 12200000000000000834815774030823424. The van der Waals surface area contributed by atoms with Crippen molar-refractivity contribution in [3.63, 3.8) is 0 Å². The number of rotatable bonds is 0. The first-order valence-electron chi connectivity index (χ1n) is 1.14. The van der Waals surface area contributed by atoms with Crippen LogP contribution in [0.4, 0.5) is 0 Å². The van der Waals surface area contributed by atoms with E-state index in [1.807, 2.05) is 0 Å². The van der Waals surface area contributed by atoms with Gasteiger partial charge in [-0.2, -0.15) is 8.42 Å². The predicted molar refractivity (Wildman–Crippen MR) is 29.3 cm³/mol. The summed E-state index contributed by atoms with van der Waals surface area (Å²) in [5.41, 5.74) is 0. The molecule has 0 atom stereocenters. The lowest BCUT2D eigenvalue weighted by Crippen LogP contribution is -1.63. The summed E-state index contributed by atoms with van der Waals surface area (Å²) in [4.78, 5) is 8.36. The molecular weight excluding hydrogens is 179 g/mol. The fourth-order valence-corrected chi connectivity index (χ4v) is 0. The number of hydrogen-bond donors (Lipinski definition) is 1. The SMILES string of the molecule is O=CO.O=S(=O)(Cl)Cl. The van der Waals surface area contributed by atoms with Crippen LogP contribution in [0.3, 0.4) is 0 Å². The zero-order valence-electron chi connectivity index (χ0n) is 3.41. The van der Waals surface area contributed by atoms with Crippen molar-refractivity contribution >= 4 is 36.1 Å². The van der Waals surface area contributed by atoms with E-state index in [0.717, 1.165) is 0 Å². The van der Waals surface area contributed by atoms with Gasteiger partial charge in [-0.15, -0.1) is 0 Å². The lowest BCUT2D eigenvalue weighted by molar-refractivity contribution is -0.122. The maximum atomic E-state index is 9.16. The Morgan fingerprint density at radius 1 is 1.38 bits per heavy atom. The van der Waals surface area contributed by atoms with Gasteiger partial charge in [0.15, 0.2) is 0 Å². The lowest BCUT2D eigenvalue weighted by atomic mass is 11.7. The molecule has 0 aliphatic rings. The highest BCUT2D eigenvalue weighted by atomic mass is 36.0. The highest BCUT2D eigenvalue weighted by molar-refractivity contribution is 8.31. The van der Waals surface area contributed by atoms with Gasteiger partial charge >= 0.3 is 8.26 Å². The Bertz CT molecular complexity index is 128. The van der Waals surface area contributed by atoms with Gasteiger partial charge in [-0.3, -0.25) is 4.79 Å². The highest BCUT2D eigenvalue weighted by Crippen LogP contribution is 1.98. The van der Waals surface area contributed by atoms with Gasteiger partial charge in [0.2, 0.25) is 0 Å². The van der Waals surface area contributed by atoms with E-state index in [1.54, 1.807) is 0 Å². The van der Waals surface area contributed by atoms with Crippen molar-refractivity contribution in [3.8, 4) is 0 Å². The van der Waals surface area contributed by atoms with Crippen LogP contribution in [-0.4, -0.2) is 20.0 Å². The van der Waals surface area contributed by atoms with Crippen LogP contribution >= 0.6 is 21.4 Å². The molecular formula is CH2Cl2O4S. The number of halogens is 2. The van der Waals surface area contributed by atoms with Crippen LogP contribution in [0, 0.1) is 0 Å². The molecule has 0 aliphatic heterocycles. The van der Waals surface area contributed by atoms with Gasteiger partial charge in [0.25, 0.3) is 6.47 Å². The Hall–Kier alpha value is -0.000000000000000111. The normalized spacial score (nSPS) is 8.75. The first-order chi connectivity index (χ1) is 3.41. The second kappa shape index (κ2) is 5.14. The van der Waals surface area contributed by atoms with Crippen LogP contribution in [0.25, 0.3) is 0 Å².